The summed E-state index contributed by atoms with van der Waals surface area (Å²) in [7, 11) is 0. The number of carbonyl (C=O) groups is 2. The Hall–Kier alpha value is -0.980. The minimum atomic E-state index is -1.80. The third-order valence-corrected chi connectivity index (χ3v) is 1.85. The molecule has 1 heterocycles. The van der Waals surface area contributed by atoms with Gasteiger partial charge in [0.05, 0.1) is 6.10 Å². The predicted molar refractivity (Wildman–Crippen MR) is 38.6 cm³/mol. The zero-order valence-electron chi connectivity index (χ0n) is 6.88. The Kier molecular flexibility index (Phi) is 2.65. The summed E-state index contributed by atoms with van der Waals surface area (Å²) < 4.78 is 4.39. The molecule has 1 aliphatic heterocycles. The quantitative estimate of drug-likeness (QED) is 0.314. The standard InChI is InChI=1S/C7H10O6/c1-2(8)6-4(10)3(9)5(11)7(12)13-6/h2-4,6,8-10H,1H3. The Morgan fingerprint density at radius 3 is 2.38 bits per heavy atom. The van der Waals surface area contributed by atoms with Crippen molar-refractivity contribution in [3.8, 4) is 0 Å². The summed E-state index contributed by atoms with van der Waals surface area (Å²) in [5.74, 6) is -2.42. The minimum Gasteiger partial charge on any atom is -0.451 e. The summed E-state index contributed by atoms with van der Waals surface area (Å²) in [5.41, 5.74) is 0. The lowest BCUT2D eigenvalue weighted by Gasteiger charge is -2.31. The molecule has 4 atom stereocenters. The molecule has 1 fully saturated rings. The lowest BCUT2D eigenvalue weighted by atomic mass is 9.98. The molecule has 1 aliphatic rings. The van der Waals surface area contributed by atoms with Crippen LogP contribution in [0.25, 0.3) is 0 Å². The van der Waals surface area contributed by atoms with Crippen molar-refractivity contribution in [2.24, 2.45) is 0 Å². The molecule has 0 bridgehead atoms. The lowest BCUT2D eigenvalue weighted by molar-refractivity contribution is -0.192. The first-order chi connectivity index (χ1) is 5.95. The first kappa shape index (κ1) is 10.1. The summed E-state index contributed by atoms with van der Waals surface area (Å²) >= 11 is 0. The fraction of sp³-hybridized carbons (Fsp3) is 0.714. The second kappa shape index (κ2) is 3.41. The summed E-state index contributed by atoms with van der Waals surface area (Å²) in [4.78, 5) is 21.4. The van der Waals surface area contributed by atoms with E-state index in [1.165, 1.54) is 6.92 Å². The van der Waals surface area contributed by atoms with E-state index < -0.39 is 36.2 Å². The van der Waals surface area contributed by atoms with Crippen LogP contribution < -0.4 is 0 Å². The molecule has 1 saturated heterocycles. The van der Waals surface area contributed by atoms with Crippen LogP contribution >= 0.6 is 0 Å². The Morgan fingerprint density at radius 2 is 1.92 bits per heavy atom. The molecule has 6 nitrogen and oxygen atoms in total. The highest BCUT2D eigenvalue weighted by atomic mass is 16.6. The van der Waals surface area contributed by atoms with Gasteiger partial charge in [-0.15, -0.1) is 0 Å². The van der Waals surface area contributed by atoms with E-state index in [2.05, 4.69) is 4.74 Å². The van der Waals surface area contributed by atoms with Crippen LogP contribution in [-0.2, 0) is 14.3 Å². The van der Waals surface area contributed by atoms with Gasteiger partial charge in [-0.3, -0.25) is 4.79 Å². The van der Waals surface area contributed by atoms with Gasteiger partial charge >= 0.3 is 5.97 Å². The summed E-state index contributed by atoms with van der Waals surface area (Å²) in [6.45, 7) is 1.28. The molecule has 0 aromatic heterocycles. The van der Waals surface area contributed by atoms with Gasteiger partial charge in [0.2, 0.25) is 0 Å². The number of ether oxygens (including phenoxy) is 1. The van der Waals surface area contributed by atoms with Crippen LogP contribution in [0.15, 0.2) is 0 Å². The van der Waals surface area contributed by atoms with Crippen molar-refractivity contribution < 1.29 is 29.6 Å². The number of Topliss-reactive ketones (excluding diaryl/α,β-unsaturated/α-hetero) is 1. The maximum Gasteiger partial charge on any atom is 0.378 e. The zero-order valence-corrected chi connectivity index (χ0v) is 6.88. The van der Waals surface area contributed by atoms with Crippen molar-refractivity contribution in [3.63, 3.8) is 0 Å². The van der Waals surface area contributed by atoms with Gasteiger partial charge in [-0.25, -0.2) is 4.79 Å². The molecule has 6 heteroatoms. The highest BCUT2D eigenvalue weighted by molar-refractivity contribution is 6.36. The van der Waals surface area contributed by atoms with Crippen molar-refractivity contribution >= 4 is 11.8 Å². The second-order valence-electron chi connectivity index (χ2n) is 2.91. The number of carbonyl (C=O) groups excluding carboxylic acids is 2. The molecule has 0 aromatic carbocycles. The van der Waals surface area contributed by atoms with Gasteiger partial charge < -0.3 is 20.1 Å². The normalized spacial score (nSPS) is 37.1. The average Bonchev–Trinajstić information content (AvgIpc) is 2.07. The van der Waals surface area contributed by atoms with Crippen LogP contribution in [0.5, 0.6) is 0 Å². The van der Waals surface area contributed by atoms with Gasteiger partial charge in [0.1, 0.15) is 6.10 Å². The molecule has 3 N–H and O–H groups in total. The van der Waals surface area contributed by atoms with Crippen molar-refractivity contribution in [1.82, 2.24) is 0 Å². The van der Waals surface area contributed by atoms with Crippen LogP contribution in [-0.4, -0.2) is 51.5 Å². The maximum atomic E-state index is 10.7. The van der Waals surface area contributed by atoms with Crippen LogP contribution in [0.2, 0.25) is 0 Å². The highest BCUT2D eigenvalue weighted by Crippen LogP contribution is 2.16. The molecular formula is C7H10O6. The molecule has 0 radical (unpaired) electrons. The van der Waals surface area contributed by atoms with Gasteiger partial charge in [-0.1, -0.05) is 0 Å². The van der Waals surface area contributed by atoms with E-state index in [0.29, 0.717) is 0 Å². The van der Waals surface area contributed by atoms with Gasteiger partial charge in [-0.05, 0) is 6.92 Å². The predicted octanol–water partition coefficient (Wildman–Crippen LogP) is -2.42. The molecule has 13 heavy (non-hydrogen) atoms. The average molecular weight is 190 g/mol. The van der Waals surface area contributed by atoms with E-state index in [1.807, 2.05) is 0 Å². The SMILES string of the molecule is CC(O)C1OC(=O)C(=O)C(O)C1O. The number of hydrogen-bond donors (Lipinski definition) is 3. The zero-order chi connectivity index (χ0) is 10.2. The monoisotopic (exact) mass is 190 g/mol. The molecule has 0 spiro atoms. The van der Waals surface area contributed by atoms with E-state index in [-0.39, 0.29) is 0 Å². The molecule has 0 aromatic rings. The smallest absolute Gasteiger partial charge is 0.378 e. The number of cyclic esters (lactones) is 1. The van der Waals surface area contributed by atoms with Crippen LogP contribution in [0, 0.1) is 0 Å². The fourth-order valence-corrected chi connectivity index (χ4v) is 1.09. The third-order valence-electron chi connectivity index (χ3n) is 1.85. The molecule has 0 saturated carbocycles. The number of aliphatic hydroxyl groups excluding tert-OH is 3. The lowest BCUT2D eigenvalue weighted by Crippen LogP contribution is -2.56. The maximum absolute atomic E-state index is 10.7. The third kappa shape index (κ3) is 1.69. The first-order valence-corrected chi connectivity index (χ1v) is 3.74. The van der Waals surface area contributed by atoms with E-state index in [1.54, 1.807) is 0 Å². The van der Waals surface area contributed by atoms with Crippen molar-refractivity contribution in [3.05, 3.63) is 0 Å². The number of aliphatic hydroxyl groups is 3. The Morgan fingerprint density at radius 1 is 1.38 bits per heavy atom. The molecule has 1 rings (SSSR count). The van der Waals surface area contributed by atoms with Crippen molar-refractivity contribution in [2.75, 3.05) is 0 Å². The second-order valence-corrected chi connectivity index (χ2v) is 2.91. The van der Waals surface area contributed by atoms with Gasteiger partial charge in [-0.2, -0.15) is 0 Å². The summed E-state index contributed by atoms with van der Waals surface area (Å²) in [5, 5.41) is 27.2. The van der Waals surface area contributed by atoms with Crippen LogP contribution in [0.1, 0.15) is 6.92 Å². The molecule has 0 aliphatic carbocycles. The minimum absolute atomic E-state index is 1.14. The summed E-state index contributed by atoms with van der Waals surface area (Å²) in [6, 6.07) is 0. The van der Waals surface area contributed by atoms with E-state index in [9.17, 15) is 14.7 Å². The number of esters is 1. The molecular weight excluding hydrogens is 180 g/mol. The number of rotatable bonds is 1. The van der Waals surface area contributed by atoms with Gasteiger partial charge in [0, 0.05) is 0 Å². The van der Waals surface area contributed by atoms with E-state index in [0.717, 1.165) is 0 Å². The largest absolute Gasteiger partial charge is 0.451 e. The van der Waals surface area contributed by atoms with Gasteiger partial charge in [0.15, 0.2) is 12.2 Å². The number of hydrogen-bond acceptors (Lipinski definition) is 6. The van der Waals surface area contributed by atoms with Gasteiger partial charge in [0.25, 0.3) is 5.78 Å². The van der Waals surface area contributed by atoms with Crippen LogP contribution in [0.4, 0.5) is 0 Å². The van der Waals surface area contributed by atoms with Crippen molar-refractivity contribution in [1.29, 1.82) is 0 Å². The molecule has 0 amide bonds. The molecule has 4 unspecified atom stereocenters. The molecule has 74 valence electrons. The highest BCUT2D eigenvalue weighted by Gasteiger charge is 2.45. The van der Waals surface area contributed by atoms with E-state index >= 15 is 0 Å². The number of ketones is 1. The topological polar surface area (TPSA) is 104 Å². The van der Waals surface area contributed by atoms with Crippen molar-refractivity contribution in [2.45, 2.75) is 31.3 Å². The first-order valence-electron chi connectivity index (χ1n) is 3.74. The summed E-state index contributed by atoms with van der Waals surface area (Å²) in [6.07, 6.45) is -5.76. The Balaban J connectivity index is 2.82. The Bertz CT molecular complexity index is 235. The van der Waals surface area contributed by atoms with E-state index in [4.69, 9.17) is 10.2 Å². The van der Waals surface area contributed by atoms with Crippen LogP contribution in [0.3, 0.4) is 0 Å². The fourth-order valence-electron chi connectivity index (χ4n) is 1.09. The Labute approximate surface area is 73.7 Å².